The van der Waals surface area contributed by atoms with Gasteiger partial charge in [0.2, 0.25) is 5.91 Å². The van der Waals surface area contributed by atoms with E-state index in [0.717, 1.165) is 54.3 Å². The van der Waals surface area contributed by atoms with Gasteiger partial charge in [-0.15, -0.1) is 11.3 Å². The molecule has 0 aromatic carbocycles. The van der Waals surface area contributed by atoms with E-state index in [0.29, 0.717) is 17.8 Å². The summed E-state index contributed by atoms with van der Waals surface area (Å²) in [5.41, 5.74) is 0.908. The minimum absolute atomic E-state index is 0.0242. The number of fused-ring (bicyclic) bond motifs is 1. The molecule has 142 valence electrons. The Morgan fingerprint density at radius 1 is 1.19 bits per heavy atom. The van der Waals surface area contributed by atoms with E-state index in [4.69, 9.17) is 4.98 Å². The number of carbonyl (C=O) groups excluding carboxylic acids is 1. The zero-order valence-corrected chi connectivity index (χ0v) is 17.0. The Hall–Kier alpha value is -1.73. The second-order valence-corrected chi connectivity index (χ2v) is 8.14. The van der Waals surface area contributed by atoms with Gasteiger partial charge in [-0.1, -0.05) is 13.8 Å². The number of aromatic nitrogens is 2. The van der Waals surface area contributed by atoms with Crippen LogP contribution in [0, 0.1) is 13.8 Å². The van der Waals surface area contributed by atoms with Crippen molar-refractivity contribution in [2.24, 2.45) is 0 Å². The lowest BCUT2D eigenvalue weighted by atomic mass is 10.2. The van der Waals surface area contributed by atoms with Crippen LogP contribution in [-0.2, 0) is 17.9 Å². The van der Waals surface area contributed by atoms with Crippen molar-refractivity contribution in [3.63, 3.8) is 0 Å². The smallest absolute Gasteiger partial charge is 0.263 e. The summed E-state index contributed by atoms with van der Waals surface area (Å²) < 4.78 is 1.61. The maximum absolute atomic E-state index is 13.2. The molecule has 0 radical (unpaired) electrons. The number of likely N-dealkylation sites (tertiary alicyclic amines) is 1. The number of amides is 1. The van der Waals surface area contributed by atoms with E-state index in [1.807, 2.05) is 18.7 Å². The van der Waals surface area contributed by atoms with E-state index in [9.17, 15) is 9.59 Å². The summed E-state index contributed by atoms with van der Waals surface area (Å²) in [7, 11) is 0. The molecule has 1 amide bonds. The molecule has 2 aromatic heterocycles. The quantitative estimate of drug-likeness (QED) is 0.777. The van der Waals surface area contributed by atoms with Crippen LogP contribution >= 0.6 is 11.3 Å². The highest BCUT2D eigenvalue weighted by Gasteiger charge is 2.23. The number of hydrogen-bond donors (Lipinski definition) is 0. The van der Waals surface area contributed by atoms with Gasteiger partial charge in [0.15, 0.2) is 0 Å². The van der Waals surface area contributed by atoms with E-state index < -0.39 is 0 Å². The first-order valence-electron chi connectivity index (χ1n) is 9.45. The number of thiophene rings is 1. The Balaban J connectivity index is 2.06. The first-order chi connectivity index (χ1) is 12.5. The van der Waals surface area contributed by atoms with Crippen LogP contribution in [0.1, 0.15) is 43.0 Å². The minimum atomic E-state index is -0.0773. The highest BCUT2D eigenvalue weighted by molar-refractivity contribution is 7.18. The molecule has 0 unspecified atom stereocenters. The van der Waals surface area contributed by atoms with Crippen molar-refractivity contribution in [3.8, 4) is 0 Å². The van der Waals surface area contributed by atoms with Gasteiger partial charge >= 0.3 is 0 Å². The van der Waals surface area contributed by atoms with Crippen LogP contribution < -0.4 is 5.56 Å². The molecule has 0 aliphatic carbocycles. The largest absolute Gasteiger partial charge is 0.341 e. The molecule has 3 rings (SSSR count). The zero-order chi connectivity index (χ0) is 18.8. The van der Waals surface area contributed by atoms with E-state index in [-0.39, 0.29) is 18.0 Å². The molecular formula is C19H28N4O2S. The lowest BCUT2D eigenvalue weighted by Gasteiger charge is -2.22. The number of hydrogen-bond acceptors (Lipinski definition) is 5. The first kappa shape index (κ1) is 19.0. The van der Waals surface area contributed by atoms with Crippen LogP contribution in [0.3, 0.4) is 0 Å². The van der Waals surface area contributed by atoms with E-state index in [2.05, 4.69) is 18.7 Å². The van der Waals surface area contributed by atoms with Crippen molar-refractivity contribution in [3.05, 3.63) is 26.6 Å². The van der Waals surface area contributed by atoms with Crippen molar-refractivity contribution in [2.75, 3.05) is 26.2 Å². The lowest BCUT2D eigenvalue weighted by Crippen LogP contribution is -2.37. The molecule has 2 aromatic rings. The van der Waals surface area contributed by atoms with Gasteiger partial charge in [-0.25, -0.2) is 4.98 Å². The van der Waals surface area contributed by atoms with Crippen molar-refractivity contribution >= 4 is 27.5 Å². The number of nitrogens with zero attached hydrogens (tertiary/aromatic N) is 4. The summed E-state index contributed by atoms with van der Waals surface area (Å²) in [5, 5.41) is 0.671. The summed E-state index contributed by atoms with van der Waals surface area (Å²) >= 11 is 1.56. The van der Waals surface area contributed by atoms with Crippen molar-refractivity contribution in [1.29, 1.82) is 0 Å². The molecule has 7 heteroatoms. The van der Waals surface area contributed by atoms with Crippen molar-refractivity contribution in [2.45, 2.75) is 53.6 Å². The maximum atomic E-state index is 13.2. The lowest BCUT2D eigenvalue weighted by molar-refractivity contribution is -0.130. The normalized spacial score (nSPS) is 14.7. The van der Waals surface area contributed by atoms with Crippen LogP contribution in [0.15, 0.2) is 4.79 Å². The highest BCUT2D eigenvalue weighted by Crippen LogP contribution is 2.26. The standard InChI is InChI=1S/C19H28N4O2S/c1-5-21(6-2)11-15-20-18-17(13(3)14(4)26-18)19(25)23(15)12-16(24)22-9-7-8-10-22/h5-12H2,1-4H3. The van der Waals surface area contributed by atoms with Crippen molar-refractivity contribution in [1.82, 2.24) is 19.4 Å². The van der Waals surface area contributed by atoms with E-state index >= 15 is 0 Å². The van der Waals surface area contributed by atoms with Gasteiger partial charge in [0.1, 0.15) is 17.2 Å². The molecule has 1 aliphatic rings. The number of carbonyl (C=O) groups is 1. The zero-order valence-electron chi connectivity index (χ0n) is 16.2. The molecule has 0 atom stereocenters. The van der Waals surface area contributed by atoms with Crippen LogP contribution in [0.5, 0.6) is 0 Å². The fraction of sp³-hybridized carbons (Fsp3) is 0.632. The third-order valence-electron chi connectivity index (χ3n) is 5.38. The predicted molar refractivity (Wildman–Crippen MR) is 106 cm³/mol. The van der Waals surface area contributed by atoms with Gasteiger partial charge in [-0.2, -0.15) is 0 Å². The molecule has 0 spiro atoms. The third kappa shape index (κ3) is 3.55. The van der Waals surface area contributed by atoms with Gasteiger partial charge < -0.3 is 4.90 Å². The molecule has 6 nitrogen and oxygen atoms in total. The number of rotatable bonds is 6. The minimum Gasteiger partial charge on any atom is -0.341 e. The second kappa shape index (κ2) is 7.88. The Labute approximate surface area is 158 Å². The molecule has 1 saturated heterocycles. The first-order valence-corrected chi connectivity index (χ1v) is 10.3. The van der Waals surface area contributed by atoms with Gasteiger partial charge in [-0.05, 0) is 45.3 Å². The Morgan fingerprint density at radius 2 is 1.85 bits per heavy atom. The van der Waals surface area contributed by atoms with E-state index in [1.165, 1.54) is 0 Å². The van der Waals surface area contributed by atoms with Gasteiger partial charge in [0, 0.05) is 18.0 Å². The summed E-state index contributed by atoms with van der Waals surface area (Å²) in [5.74, 6) is 0.719. The predicted octanol–water partition coefficient (Wildman–Crippen LogP) is 2.54. The van der Waals surface area contributed by atoms with Crippen LogP contribution in [-0.4, -0.2) is 51.4 Å². The maximum Gasteiger partial charge on any atom is 0.263 e. The average Bonchev–Trinajstić information content (AvgIpc) is 3.25. The molecule has 1 aliphatic heterocycles. The van der Waals surface area contributed by atoms with E-state index in [1.54, 1.807) is 15.9 Å². The molecule has 3 heterocycles. The Morgan fingerprint density at radius 3 is 2.46 bits per heavy atom. The van der Waals surface area contributed by atoms with Gasteiger partial charge in [-0.3, -0.25) is 19.1 Å². The highest BCUT2D eigenvalue weighted by atomic mass is 32.1. The molecular weight excluding hydrogens is 348 g/mol. The number of aryl methyl sites for hydroxylation is 2. The Kier molecular flexibility index (Phi) is 5.77. The molecule has 0 saturated carbocycles. The molecule has 0 bridgehead atoms. The fourth-order valence-electron chi connectivity index (χ4n) is 3.50. The summed E-state index contributed by atoms with van der Waals surface area (Å²) in [6, 6.07) is 0. The molecule has 26 heavy (non-hydrogen) atoms. The molecule has 0 N–H and O–H groups in total. The molecule has 1 fully saturated rings. The summed E-state index contributed by atoms with van der Waals surface area (Å²) in [4.78, 5) is 36.7. The second-order valence-electron chi connectivity index (χ2n) is 6.93. The van der Waals surface area contributed by atoms with Gasteiger partial charge in [0.25, 0.3) is 5.56 Å². The average molecular weight is 377 g/mol. The topological polar surface area (TPSA) is 58.4 Å². The SMILES string of the molecule is CCN(CC)Cc1nc2sc(C)c(C)c2c(=O)n1CC(=O)N1CCCC1. The fourth-order valence-corrected chi connectivity index (χ4v) is 4.54. The van der Waals surface area contributed by atoms with Crippen LogP contribution in [0.25, 0.3) is 10.2 Å². The van der Waals surface area contributed by atoms with Crippen LogP contribution in [0.4, 0.5) is 0 Å². The Bertz CT molecular complexity index is 861. The van der Waals surface area contributed by atoms with Crippen molar-refractivity contribution < 1.29 is 4.79 Å². The third-order valence-corrected chi connectivity index (χ3v) is 6.48. The van der Waals surface area contributed by atoms with Gasteiger partial charge in [0.05, 0.1) is 11.9 Å². The van der Waals surface area contributed by atoms with Crippen LogP contribution in [0.2, 0.25) is 0 Å². The summed E-state index contributed by atoms with van der Waals surface area (Å²) in [6.45, 7) is 12.2. The summed E-state index contributed by atoms with van der Waals surface area (Å²) in [6.07, 6.45) is 2.10. The monoisotopic (exact) mass is 376 g/mol.